The average molecular weight is 536 g/mol. The first-order valence-electron chi connectivity index (χ1n) is 12.1. The third-order valence-corrected chi connectivity index (χ3v) is 7.99. The number of amides is 2. The van der Waals surface area contributed by atoms with Gasteiger partial charge < -0.3 is 15.0 Å². The Morgan fingerprint density at radius 2 is 1.81 bits per heavy atom. The number of hydrogen-bond donors (Lipinski definition) is 1. The summed E-state index contributed by atoms with van der Waals surface area (Å²) >= 11 is 2.64. The van der Waals surface area contributed by atoms with E-state index in [4.69, 9.17) is 9.72 Å². The van der Waals surface area contributed by atoms with Crippen molar-refractivity contribution in [2.24, 2.45) is 0 Å². The van der Waals surface area contributed by atoms with Crippen LogP contribution in [0.15, 0.2) is 47.8 Å². The van der Waals surface area contributed by atoms with Crippen molar-refractivity contribution in [3.8, 4) is 10.6 Å². The summed E-state index contributed by atoms with van der Waals surface area (Å²) in [6.07, 6.45) is -0.352. The van der Waals surface area contributed by atoms with Gasteiger partial charge in [0.15, 0.2) is 0 Å². The predicted octanol–water partition coefficient (Wildman–Crippen LogP) is 6.63. The van der Waals surface area contributed by atoms with E-state index in [0.29, 0.717) is 50.7 Å². The van der Waals surface area contributed by atoms with E-state index in [9.17, 15) is 14.4 Å². The minimum Gasteiger partial charge on any atom is -0.459 e. The third-order valence-electron chi connectivity index (χ3n) is 5.90. The van der Waals surface area contributed by atoms with Crippen molar-refractivity contribution < 1.29 is 19.1 Å². The summed E-state index contributed by atoms with van der Waals surface area (Å²) < 4.78 is 5.47. The molecule has 0 fully saturated rings. The Kier molecular flexibility index (Phi) is 8.04. The number of hydrogen-bond acceptors (Lipinski definition) is 7. The lowest BCUT2D eigenvalue weighted by Gasteiger charge is -2.18. The summed E-state index contributed by atoms with van der Waals surface area (Å²) in [6.45, 7) is 10.1. The first kappa shape index (κ1) is 26.5. The van der Waals surface area contributed by atoms with Crippen molar-refractivity contribution in [1.82, 2.24) is 9.88 Å². The van der Waals surface area contributed by atoms with Crippen LogP contribution in [-0.2, 0) is 4.74 Å². The average Bonchev–Trinajstić information content (AvgIpc) is 3.52. The number of nitrogens with one attached hydrogen (secondary N) is 1. The Morgan fingerprint density at radius 3 is 2.46 bits per heavy atom. The van der Waals surface area contributed by atoms with E-state index >= 15 is 0 Å². The topological polar surface area (TPSA) is 88.6 Å². The number of ether oxygens (including phenoxy) is 1. The molecule has 0 bridgehead atoms. The lowest BCUT2D eigenvalue weighted by atomic mass is 10.1. The van der Waals surface area contributed by atoms with Crippen LogP contribution in [0.4, 0.5) is 5.00 Å². The Morgan fingerprint density at radius 1 is 1.08 bits per heavy atom. The molecule has 4 rings (SSSR count). The lowest BCUT2D eigenvalue weighted by Crippen LogP contribution is -2.30. The van der Waals surface area contributed by atoms with Crippen molar-refractivity contribution in [3.05, 3.63) is 69.4 Å². The zero-order valence-corrected chi connectivity index (χ0v) is 23.1. The molecule has 1 N–H and O–H groups in total. The van der Waals surface area contributed by atoms with Gasteiger partial charge in [0.25, 0.3) is 11.8 Å². The highest BCUT2D eigenvalue weighted by molar-refractivity contribution is 7.18. The minimum absolute atomic E-state index is 0.180. The normalized spacial score (nSPS) is 11.1. The third kappa shape index (κ3) is 5.42. The van der Waals surface area contributed by atoms with E-state index in [1.807, 2.05) is 55.6 Å². The maximum atomic E-state index is 13.7. The zero-order valence-electron chi connectivity index (χ0n) is 21.5. The molecular formula is C28H29N3O4S2. The second-order valence-electron chi connectivity index (χ2n) is 8.70. The van der Waals surface area contributed by atoms with Gasteiger partial charge in [0, 0.05) is 18.5 Å². The van der Waals surface area contributed by atoms with E-state index in [1.165, 1.54) is 0 Å². The number of fused-ring (bicyclic) bond motifs is 1. The van der Waals surface area contributed by atoms with Gasteiger partial charge in [-0.25, -0.2) is 9.78 Å². The van der Waals surface area contributed by atoms with Crippen molar-refractivity contribution in [2.45, 2.75) is 40.7 Å². The molecule has 3 heterocycles. The number of carbonyl (C=O) groups excluding carboxylic acids is 3. The van der Waals surface area contributed by atoms with Gasteiger partial charge in [0.2, 0.25) is 0 Å². The summed E-state index contributed by atoms with van der Waals surface area (Å²) in [7, 11) is 0. The second kappa shape index (κ2) is 11.2. The summed E-state index contributed by atoms with van der Waals surface area (Å²) in [5.41, 5.74) is 2.52. The summed E-state index contributed by atoms with van der Waals surface area (Å²) in [5, 5.41) is 5.87. The van der Waals surface area contributed by atoms with E-state index in [-0.39, 0.29) is 17.6 Å². The van der Waals surface area contributed by atoms with Gasteiger partial charge in [-0.2, -0.15) is 0 Å². The van der Waals surface area contributed by atoms with Gasteiger partial charge in [0.1, 0.15) is 5.00 Å². The number of anilines is 1. The Bertz CT molecular complexity index is 1450. The number of carbonyl (C=O) groups is 3. The molecule has 4 aromatic rings. The molecule has 2 amide bonds. The molecule has 0 saturated carbocycles. The van der Waals surface area contributed by atoms with Crippen LogP contribution >= 0.6 is 22.7 Å². The zero-order chi connectivity index (χ0) is 26.7. The molecule has 9 heteroatoms. The van der Waals surface area contributed by atoms with E-state index in [1.54, 1.807) is 43.1 Å². The largest absolute Gasteiger partial charge is 0.459 e. The van der Waals surface area contributed by atoms with Crippen LogP contribution in [0.2, 0.25) is 0 Å². The molecule has 0 radical (unpaired) electrons. The van der Waals surface area contributed by atoms with Gasteiger partial charge in [-0.15, -0.1) is 22.7 Å². The molecule has 7 nitrogen and oxygen atoms in total. The number of thiophene rings is 2. The lowest BCUT2D eigenvalue weighted by molar-refractivity contribution is 0.0379. The standard InChI is InChI=1S/C28H29N3O4S2/c1-6-31(7-2)27(33)24-17(5)23(28(34)35-16(3)4)26(37-24)30-25(32)19-15-21(22-13-10-14-36-22)29-20-12-9-8-11-18(19)20/h8-16H,6-7H2,1-5H3,(H,30,32). The van der Waals surface area contributed by atoms with E-state index in [0.717, 1.165) is 16.2 Å². The van der Waals surface area contributed by atoms with Crippen LogP contribution in [0.3, 0.4) is 0 Å². The molecule has 0 aliphatic carbocycles. The first-order valence-corrected chi connectivity index (χ1v) is 13.8. The molecule has 0 atom stereocenters. The fourth-order valence-corrected chi connectivity index (χ4v) is 5.91. The van der Waals surface area contributed by atoms with Crippen molar-refractivity contribution >= 4 is 56.4 Å². The monoisotopic (exact) mass is 535 g/mol. The van der Waals surface area contributed by atoms with Gasteiger partial charge in [-0.3, -0.25) is 9.59 Å². The smallest absolute Gasteiger partial charge is 0.341 e. The number of benzene rings is 1. The number of aromatic nitrogens is 1. The highest BCUT2D eigenvalue weighted by Crippen LogP contribution is 2.36. The van der Waals surface area contributed by atoms with E-state index < -0.39 is 11.9 Å². The maximum Gasteiger partial charge on any atom is 0.341 e. The van der Waals surface area contributed by atoms with Crippen LogP contribution in [0.1, 0.15) is 63.6 Å². The first-order chi connectivity index (χ1) is 17.7. The Balaban J connectivity index is 1.80. The van der Waals surface area contributed by atoms with Crippen molar-refractivity contribution in [3.63, 3.8) is 0 Å². The molecular weight excluding hydrogens is 506 g/mol. The number of rotatable bonds is 8. The van der Waals surface area contributed by atoms with Crippen LogP contribution < -0.4 is 5.32 Å². The predicted molar refractivity (Wildman–Crippen MR) is 150 cm³/mol. The molecule has 3 aromatic heterocycles. The fraction of sp³-hybridized carbons (Fsp3) is 0.286. The Labute approximate surface area is 224 Å². The quantitative estimate of drug-likeness (QED) is 0.256. The molecule has 1 aromatic carbocycles. The van der Waals surface area contributed by atoms with Crippen molar-refractivity contribution in [2.75, 3.05) is 18.4 Å². The highest BCUT2D eigenvalue weighted by Gasteiger charge is 2.29. The summed E-state index contributed by atoms with van der Waals surface area (Å²) in [5.74, 6) is -1.14. The van der Waals surface area contributed by atoms with Crippen molar-refractivity contribution in [1.29, 1.82) is 0 Å². The molecule has 0 saturated heterocycles. The van der Waals surface area contributed by atoms with Crippen LogP contribution in [-0.4, -0.2) is 46.9 Å². The molecule has 0 aliphatic heterocycles. The van der Waals surface area contributed by atoms with Crippen LogP contribution in [0.25, 0.3) is 21.5 Å². The molecule has 192 valence electrons. The number of nitrogens with zero attached hydrogens (tertiary/aromatic N) is 2. The number of pyridine rings is 1. The van der Waals surface area contributed by atoms with Gasteiger partial charge in [0.05, 0.1) is 38.2 Å². The molecule has 0 aliphatic rings. The molecule has 0 spiro atoms. The Hall–Kier alpha value is -3.56. The number of esters is 1. The maximum absolute atomic E-state index is 13.7. The second-order valence-corrected chi connectivity index (χ2v) is 10.7. The van der Waals surface area contributed by atoms with Crippen LogP contribution in [0.5, 0.6) is 0 Å². The minimum atomic E-state index is -0.573. The SMILES string of the molecule is CCN(CC)C(=O)c1sc(NC(=O)c2cc(-c3cccs3)nc3ccccc23)c(C(=O)OC(C)C)c1C. The van der Waals surface area contributed by atoms with Gasteiger partial charge >= 0.3 is 5.97 Å². The van der Waals surface area contributed by atoms with Crippen LogP contribution in [0, 0.1) is 6.92 Å². The number of para-hydroxylation sites is 1. The highest BCUT2D eigenvalue weighted by atomic mass is 32.1. The van der Waals surface area contributed by atoms with E-state index in [2.05, 4.69) is 5.32 Å². The molecule has 37 heavy (non-hydrogen) atoms. The molecule has 0 unspecified atom stereocenters. The van der Waals surface area contributed by atoms with Gasteiger partial charge in [-0.1, -0.05) is 24.3 Å². The van der Waals surface area contributed by atoms with Gasteiger partial charge in [-0.05, 0) is 63.8 Å². The fourth-order valence-electron chi connectivity index (χ4n) is 4.06. The summed E-state index contributed by atoms with van der Waals surface area (Å²) in [6, 6.07) is 13.1. The summed E-state index contributed by atoms with van der Waals surface area (Å²) in [4.78, 5) is 47.8.